The van der Waals surface area contributed by atoms with Crippen molar-refractivity contribution in [3.8, 4) is 0 Å². The number of ketones is 1. The number of Topliss-reactive ketones (excluding diaryl/α,β-unsaturated/α-hetero) is 1. The Kier molecular flexibility index (Phi) is 5.21. The summed E-state index contributed by atoms with van der Waals surface area (Å²) in [6.45, 7) is 0. The molecule has 0 fully saturated rings. The second-order valence-corrected chi connectivity index (χ2v) is 1.77. The number of alkyl halides is 5. The van der Waals surface area contributed by atoms with Crippen LogP contribution in [0, 0.1) is 0 Å². The molecule has 1 radical (unpaired) electrons. The van der Waals surface area contributed by atoms with E-state index in [1.165, 1.54) is 0 Å². The average Bonchev–Trinajstić information content (AvgIpc) is 1.99. The van der Waals surface area contributed by atoms with Crippen LogP contribution < -0.4 is 0 Å². The van der Waals surface area contributed by atoms with Gasteiger partial charge in [0.25, 0.3) is 0 Å². The van der Waals surface area contributed by atoms with Crippen LogP contribution in [-0.4, -0.2) is 23.9 Å². The van der Waals surface area contributed by atoms with E-state index in [0.29, 0.717) is 0 Å². The molecule has 0 amide bonds. The van der Waals surface area contributed by atoms with Gasteiger partial charge in [-0.25, -0.2) is 9.74 Å². The zero-order valence-electron chi connectivity index (χ0n) is 5.87. The summed E-state index contributed by atoms with van der Waals surface area (Å²) in [6, 6.07) is 0. The van der Waals surface area contributed by atoms with Crippen molar-refractivity contribution in [2.75, 3.05) is 0 Å². The standard InChI is InChI=1S/C4F6O3.Mn/c5-3(6,2(12)13-10)1(11)4(7,8)9;. The molecule has 0 aliphatic carbocycles. The quantitative estimate of drug-likeness (QED) is 0.427. The minimum absolute atomic E-state index is 0. The molecule has 0 atom stereocenters. The van der Waals surface area contributed by atoms with Crippen molar-refractivity contribution in [1.82, 2.24) is 0 Å². The van der Waals surface area contributed by atoms with Gasteiger partial charge in [0.15, 0.2) is 0 Å². The molecule has 0 spiro atoms. The predicted octanol–water partition coefficient (Wildman–Crippen LogP) is 1.18. The van der Waals surface area contributed by atoms with Gasteiger partial charge in [-0.1, -0.05) is 0 Å². The minimum atomic E-state index is -5.93. The Labute approximate surface area is 82.8 Å². The summed E-state index contributed by atoms with van der Waals surface area (Å²) < 4.78 is 68.5. The first-order chi connectivity index (χ1) is 5.64. The third kappa shape index (κ3) is 3.18. The number of carbonyl (C=O) groups is 2. The summed E-state index contributed by atoms with van der Waals surface area (Å²) in [5.74, 6) is -12.4. The van der Waals surface area contributed by atoms with E-state index >= 15 is 0 Å². The molecule has 0 saturated heterocycles. The summed E-state index contributed by atoms with van der Waals surface area (Å²) in [6.07, 6.45) is -5.93. The van der Waals surface area contributed by atoms with Gasteiger partial charge in [0.05, 0.1) is 0 Å². The van der Waals surface area contributed by atoms with Crippen LogP contribution in [0.2, 0.25) is 0 Å². The van der Waals surface area contributed by atoms with Crippen LogP contribution in [0.1, 0.15) is 0 Å². The van der Waals surface area contributed by atoms with Crippen molar-refractivity contribution >= 4 is 11.8 Å². The van der Waals surface area contributed by atoms with Gasteiger partial charge < -0.3 is 0 Å². The van der Waals surface area contributed by atoms with Crippen molar-refractivity contribution in [1.29, 1.82) is 0 Å². The molecule has 0 aliphatic rings. The Balaban J connectivity index is 0. The van der Waals surface area contributed by atoms with E-state index in [0.717, 1.165) is 0 Å². The Morgan fingerprint density at radius 2 is 1.36 bits per heavy atom. The van der Waals surface area contributed by atoms with Crippen molar-refractivity contribution in [2.24, 2.45) is 0 Å². The number of hydrogen-bond donors (Lipinski definition) is 0. The Morgan fingerprint density at radius 1 is 1.00 bits per heavy atom. The summed E-state index contributed by atoms with van der Waals surface area (Å²) >= 11 is 0. The zero-order valence-corrected chi connectivity index (χ0v) is 7.05. The van der Waals surface area contributed by atoms with Gasteiger partial charge in [-0.2, -0.15) is 22.0 Å². The predicted molar refractivity (Wildman–Crippen MR) is 23.2 cm³/mol. The number of halogens is 6. The molecule has 14 heavy (non-hydrogen) atoms. The second-order valence-electron chi connectivity index (χ2n) is 1.77. The van der Waals surface area contributed by atoms with Gasteiger partial charge in [0, 0.05) is 21.6 Å². The van der Waals surface area contributed by atoms with Gasteiger partial charge in [-0.15, -0.1) is 0 Å². The van der Waals surface area contributed by atoms with Gasteiger partial charge in [0.2, 0.25) is 0 Å². The van der Waals surface area contributed by atoms with E-state index in [9.17, 15) is 36.1 Å². The summed E-state index contributed by atoms with van der Waals surface area (Å²) in [4.78, 5) is 21.2. The molecule has 0 heterocycles. The molecular weight excluding hydrogens is 265 g/mol. The van der Waals surface area contributed by atoms with Crippen LogP contribution in [0.25, 0.3) is 0 Å². The van der Waals surface area contributed by atoms with Gasteiger partial charge in [-0.05, 0) is 0 Å². The van der Waals surface area contributed by atoms with E-state index in [1.807, 2.05) is 4.94 Å². The SMILES string of the molecule is O=C(OF)C(F)(F)C(=O)C(F)(F)F.[Mn]. The van der Waals surface area contributed by atoms with Crippen molar-refractivity contribution in [3.63, 3.8) is 0 Å². The largest absolute Gasteiger partial charge is 0.457 e. The molecule has 0 aromatic carbocycles. The minimum Gasteiger partial charge on any atom is -0.282 e. The molecule has 0 bridgehead atoms. The van der Waals surface area contributed by atoms with Crippen LogP contribution in [-0.2, 0) is 31.6 Å². The smallest absolute Gasteiger partial charge is 0.282 e. The monoisotopic (exact) mass is 265 g/mol. The van der Waals surface area contributed by atoms with Crippen molar-refractivity contribution in [2.45, 2.75) is 12.1 Å². The first-order valence-electron chi connectivity index (χ1n) is 2.46. The summed E-state index contributed by atoms with van der Waals surface area (Å²) in [5, 5.41) is 0. The summed E-state index contributed by atoms with van der Waals surface area (Å²) in [7, 11) is 0. The zero-order chi connectivity index (χ0) is 10.9. The van der Waals surface area contributed by atoms with E-state index < -0.39 is 23.9 Å². The van der Waals surface area contributed by atoms with Crippen molar-refractivity contribution in [3.05, 3.63) is 0 Å². The van der Waals surface area contributed by atoms with E-state index in [2.05, 4.69) is 0 Å². The third-order valence-corrected chi connectivity index (χ3v) is 0.869. The van der Waals surface area contributed by atoms with E-state index in [-0.39, 0.29) is 17.1 Å². The first kappa shape index (κ1) is 15.7. The molecule has 0 aromatic rings. The van der Waals surface area contributed by atoms with Crippen LogP contribution in [0.4, 0.5) is 26.5 Å². The number of hydrogen-bond acceptors (Lipinski definition) is 3. The first-order valence-corrected chi connectivity index (χ1v) is 2.46. The van der Waals surface area contributed by atoms with Crippen LogP contribution >= 0.6 is 0 Å². The fraction of sp³-hybridized carbons (Fsp3) is 0.500. The third-order valence-electron chi connectivity index (χ3n) is 0.869. The van der Waals surface area contributed by atoms with Crippen LogP contribution in [0.15, 0.2) is 0 Å². The van der Waals surface area contributed by atoms with Crippen molar-refractivity contribution < 1.29 is 58.1 Å². The number of carbonyl (C=O) groups excluding carboxylic acids is 2. The molecule has 0 saturated carbocycles. The number of rotatable bonds is 2. The fourth-order valence-electron chi connectivity index (χ4n) is 0.319. The summed E-state index contributed by atoms with van der Waals surface area (Å²) in [5.41, 5.74) is 0. The molecule has 10 heteroatoms. The Morgan fingerprint density at radius 3 is 1.57 bits per heavy atom. The normalized spacial score (nSPS) is 11.6. The maximum atomic E-state index is 11.9. The Hall–Kier alpha value is -0.761. The molecule has 0 N–H and O–H groups in total. The molecule has 0 aliphatic heterocycles. The second kappa shape index (κ2) is 4.65. The molecule has 3 nitrogen and oxygen atoms in total. The molecule has 0 aromatic heterocycles. The molecule has 0 unspecified atom stereocenters. The van der Waals surface area contributed by atoms with Crippen LogP contribution in [0.5, 0.6) is 0 Å². The molecule has 0 rings (SSSR count). The van der Waals surface area contributed by atoms with E-state index in [1.54, 1.807) is 0 Å². The maximum absolute atomic E-state index is 11.9. The molecule has 83 valence electrons. The van der Waals surface area contributed by atoms with Gasteiger partial charge in [0.1, 0.15) is 0 Å². The van der Waals surface area contributed by atoms with Gasteiger partial charge >= 0.3 is 23.9 Å². The fourth-order valence-corrected chi connectivity index (χ4v) is 0.319. The topological polar surface area (TPSA) is 43.4 Å². The van der Waals surface area contributed by atoms with Gasteiger partial charge in [-0.3, -0.25) is 4.79 Å². The Bertz CT molecular complexity index is 236. The average molecular weight is 265 g/mol. The maximum Gasteiger partial charge on any atom is 0.457 e. The van der Waals surface area contributed by atoms with Crippen LogP contribution in [0.3, 0.4) is 0 Å². The molecular formula is C4F6MnO3. The van der Waals surface area contributed by atoms with E-state index in [4.69, 9.17) is 0 Å².